The Morgan fingerprint density at radius 2 is 1.32 bits per heavy atom. The minimum atomic E-state index is -0.637. The number of ketones is 2. The van der Waals surface area contributed by atoms with E-state index in [4.69, 9.17) is 0 Å². The zero-order valence-corrected chi connectivity index (χ0v) is 12.9. The third-order valence-corrected chi connectivity index (χ3v) is 3.72. The van der Waals surface area contributed by atoms with Gasteiger partial charge in [0.1, 0.15) is 11.6 Å². The number of rotatable bonds is 6. The van der Waals surface area contributed by atoms with Gasteiger partial charge < -0.3 is 0 Å². The van der Waals surface area contributed by atoms with Crippen molar-refractivity contribution in [2.75, 3.05) is 0 Å². The molecule has 0 bridgehead atoms. The number of hydrogen-bond acceptors (Lipinski definition) is 2. The van der Waals surface area contributed by atoms with E-state index in [9.17, 15) is 9.59 Å². The second-order valence-electron chi connectivity index (χ2n) is 5.41. The van der Waals surface area contributed by atoms with Gasteiger partial charge in [-0.3, -0.25) is 9.59 Å². The molecule has 2 heteroatoms. The Morgan fingerprint density at radius 1 is 0.818 bits per heavy atom. The molecule has 0 heterocycles. The van der Waals surface area contributed by atoms with Crippen LogP contribution in [0.3, 0.4) is 0 Å². The minimum absolute atomic E-state index is 0.0981. The van der Waals surface area contributed by atoms with E-state index in [2.05, 4.69) is 0 Å². The standard InChI is InChI=1S/C20H20O2/c1-15(21)20(16(2)22)19(18-11-7-4-8-12-18)14-13-17-9-5-3-6-10-17/h3-14,19-20H,1-2H3. The second kappa shape index (κ2) is 7.51. The van der Waals surface area contributed by atoms with E-state index >= 15 is 0 Å². The smallest absolute Gasteiger partial charge is 0.141 e. The van der Waals surface area contributed by atoms with E-state index in [-0.39, 0.29) is 17.5 Å². The maximum Gasteiger partial charge on any atom is 0.141 e. The summed E-state index contributed by atoms with van der Waals surface area (Å²) >= 11 is 0. The van der Waals surface area contributed by atoms with Crippen molar-refractivity contribution in [3.05, 3.63) is 77.9 Å². The molecule has 0 aliphatic heterocycles. The molecule has 0 saturated carbocycles. The van der Waals surface area contributed by atoms with Gasteiger partial charge in [-0.25, -0.2) is 0 Å². The molecule has 112 valence electrons. The van der Waals surface area contributed by atoms with Crippen LogP contribution in [-0.4, -0.2) is 11.6 Å². The highest BCUT2D eigenvalue weighted by molar-refractivity contribution is 6.01. The molecular formula is C20H20O2. The Morgan fingerprint density at radius 3 is 1.82 bits per heavy atom. The molecule has 2 nitrogen and oxygen atoms in total. The molecule has 1 atom stereocenters. The summed E-state index contributed by atoms with van der Waals surface area (Å²) in [6.07, 6.45) is 3.93. The fraction of sp³-hybridized carbons (Fsp3) is 0.200. The van der Waals surface area contributed by atoms with E-state index in [0.29, 0.717) is 0 Å². The molecule has 22 heavy (non-hydrogen) atoms. The lowest BCUT2D eigenvalue weighted by molar-refractivity contribution is -0.130. The summed E-state index contributed by atoms with van der Waals surface area (Å²) < 4.78 is 0. The SMILES string of the molecule is CC(=O)C(C(C)=O)C(C=Cc1ccccc1)c1ccccc1. The first-order valence-corrected chi connectivity index (χ1v) is 7.38. The van der Waals surface area contributed by atoms with Gasteiger partial charge in [0.15, 0.2) is 0 Å². The van der Waals surface area contributed by atoms with Gasteiger partial charge in [0.2, 0.25) is 0 Å². The van der Waals surface area contributed by atoms with Crippen LogP contribution in [-0.2, 0) is 9.59 Å². The summed E-state index contributed by atoms with van der Waals surface area (Å²) in [5.74, 6) is -1.07. The molecule has 0 saturated heterocycles. The van der Waals surface area contributed by atoms with Crippen LogP contribution in [0.1, 0.15) is 30.9 Å². The van der Waals surface area contributed by atoms with Gasteiger partial charge in [-0.05, 0) is 25.0 Å². The zero-order valence-electron chi connectivity index (χ0n) is 12.9. The van der Waals surface area contributed by atoms with Crippen LogP contribution in [0.4, 0.5) is 0 Å². The average Bonchev–Trinajstić information content (AvgIpc) is 2.52. The highest BCUT2D eigenvalue weighted by atomic mass is 16.1. The normalized spacial score (nSPS) is 12.5. The average molecular weight is 292 g/mol. The van der Waals surface area contributed by atoms with Crippen molar-refractivity contribution >= 4 is 17.6 Å². The largest absolute Gasteiger partial charge is 0.299 e. The molecule has 0 spiro atoms. The van der Waals surface area contributed by atoms with E-state index in [1.807, 2.05) is 72.8 Å². The maximum atomic E-state index is 12.0. The molecule has 1 unspecified atom stereocenters. The predicted molar refractivity (Wildman–Crippen MR) is 89.5 cm³/mol. The van der Waals surface area contributed by atoms with Gasteiger partial charge >= 0.3 is 0 Å². The Hall–Kier alpha value is -2.48. The van der Waals surface area contributed by atoms with Crippen LogP contribution >= 0.6 is 0 Å². The third-order valence-electron chi connectivity index (χ3n) is 3.72. The van der Waals surface area contributed by atoms with Crippen LogP contribution in [0.5, 0.6) is 0 Å². The Balaban J connectivity index is 2.40. The van der Waals surface area contributed by atoms with Gasteiger partial charge in [0.05, 0.1) is 5.92 Å². The van der Waals surface area contributed by atoms with Gasteiger partial charge in [-0.15, -0.1) is 0 Å². The number of Topliss-reactive ketones (excluding diaryl/α,β-unsaturated/α-hetero) is 2. The number of hydrogen-bond donors (Lipinski definition) is 0. The van der Waals surface area contributed by atoms with Crippen molar-refractivity contribution in [3.8, 4) is 0 Å². The number of carbonyl (C=O) groups is 2. The van der Waals surface area contributed by atoms with Gasteiger partial charge in [0, 0.05) is 5.92 Å². The first-order valence-electron chi connectivity index (χ1n) is 7.38. The van der Waals surface area contributed by atoms with E-state index in [1.54, 1.807) is 0 Å². The molecular weight excluding hydrogens is 272 g/mol. The summed E-state index contributed by atoms with van der Waals surface area (Å²) in [4.78, 5) is 23.9. The van der Waals surface area contributed by atoms with Crippen molar-refractivity contribution in [1.82, 2.24) is 0 Å². The van der Waals surface area contributed by atoms with Crippen molar-refractivity contribution < 1.29 is 9.59 Å². The lowest BCUT2D eigenvalue weighted by Crippen LogP contribution is -2.26. The molecule has 0 fully saturated rings. The quantitative estimate of drug-likeness (QED) is 0.745. The summed E-state index contributed by atoms with van der Waals surface area (Å²) in [5, 5.41) is 0. The van der Waals surface area contributed by atoms with Crippen molar-refractivity contribution in [2.45, 2.75) is 19.8 Å². The van der Waals surface area contributed by atoms with Crippen LogP contribution in [0.2, 0.25) is 0 Å². The molecule has 2 rings (SSSR count). The van der Waals surface area contributed by atoms with Crippen molar-refractivity contribution in [3.63, 3.8) is 0 Å². The molecule has 2 aromatic rings. The molecule has 0 amide bonds. The molecule has 0 N–H and O–H groups in total. The fourth-order valence-electron chi connectivity index (χ4n) is 2.66. The molecule has 0 aliphatic rings. The summed E-state index contributed by atoms with van der Waals surface area (Å²) in [5.41, 5.74) is 2.03. The van der Waals surface area contributed by atoms with E-state index < -0.39 is 5.92 Å². The minimum Gasteiger partial charge on any atom is -0.299 e. The monoisotopic (exact) mass is 292 g/mol. The molecule has 2 aromatic carbocycles. The lowest BCUT2D eigenvalue weighted by Gasteiger charge is -2.20. The van der Waals surface area contributed by atoms with Crippen molar-refractivity contribution in [2.24, 2.45) is 5.92 Å². The first kappa shape index (κ1) is 15.9. The Bertz CT molecular complexity index is 643. The zero-order chi connectivity index (χ0) is 15.9. The molecule has 0 aliphatic carbocycles. The highest BCUT2D eigenvalue weighted by Gasteiger charge is 2.28. The Kier molecular flexibility index (Phi) is 5.42. The topological polar surface area (TPSA) is 34.1 Å². The van der Waals surface area contributed by atoms with Crippen LogP contribution in [0, 0.1) is 5.92 Å². The second-order valence-corrected chi connectivity index (χ2v) is 5.41. The van der Waals surface area contributed by atoms with E-state index in [1.165, 1.54) is 13.8 Å². The predicted octanol–water partition coefficient (Wildman–Crippen LogP) is 4.28. The molecule has 0 aromatic heterocycles. The summed E-state index contributed by atoms with van der Waals surface area (Å²) in [7, 11) is 0. The summed E-state index contributed by atoms with van der Waals surface area (Å²) in [6.45, 7) is 2.97. The number of carbonyl (C=O) groups excluding carboxylic acids is 2. The van der Waals surface area contributed by atoms with Gasteiger partial charge in [-0.1, -0.05) is 72.8 Å². The number of allylic oxidation sites excluding steroid dienone is 1. The lowest BCUT2D eigenvalue weighted by atomic mass is 9.81. The summed E-state index contributed by atoms with van der Waals surface area (Å²) in [6, 6.07) is 19.6. The van der Waals surface area contributed by atoms with Crippen LogP contribution in [0.25, 0.3) is 6.08 Å². The van der Waals surface area contributed by atoms with Crippen LogP contribution in [0.15, 0.2) is 66.7 Å². The van der Waals surface area contributed by atoms with Gasteiger partial charge in [0.25, 0.3) is 0 Å². The Labute approximate surface area is 131 Å². The number of benzene rings is 2. The maximum absolute atomic E-state index is 12.0. The highest BCUT2D eigenvalue weighted by Crippen LogP contribution is 2.28. The van der Waals surface area contributed by atoms with Crippen LogP contribution < -0.4 is 0 Å². The van der Waals surface area contributed by atoms with E-state index in [0.717, 1.165) is 11.1 Å². The first-order chi connectivity index (χ1) is 10.6. The molecule has 0 radical (unpaired) electrons. The van der Waals surface area contributed by atoms with Gasteiger partial charge in [-0.2, -0.15) is 0 Å². The fourth-order valence-corrected chi connectivity index (χ4v) is 2.66. The van der Waals surface area contributed by atoms with Crippen molar-refractivity contribution in [1.29, 1.82) is 0 Å². The third kappa shape index (κ3) is 4.01.